The topological polar surface area (TPSA) is 75.6 Å². The first-order valence-electron chi connectivity index (χ1n) is 8.42. The predicted octanol–water partition coefficient (Wildman–Crippen LogP) is 2.67. The van der Waals surface area contributed by atoms with Crippen molar-refractivity contribution < 1.29 is 19.4 Å². The smallest absolute Gasteiger partial charge is 0.330 e. The van der Waals surface area contributed by atoms with Crippen LogP contribution in [-0.2, 0) is 15.0 Å². The van der Waals surface area contributed by atoms with Crippen LogP contribution in [0.2, 0.25) is 0 Å². The maximum Gasteiger partial charge on any atom is 0.330 e. The summed E-state index contributed by atoms with van der Waals surface area (Å²) in [6.45, 7) is 0.585. The summed E-state index contributed by atoms with van der Waals surface area (Å²) < 4.78 is 5.69. The average Bonchev–Trinajstić information content (AvgIpc) is 3.35. The van der Waals surface area contributed by atoms with Crippen molar-refractivity contribution in [1.82, 2.24) is 5.32 Å². The minimum atomic E-state index is -1.05. The molecule has 0 saturated heterocycles. The molecule has 1 saturated carbocycles. The van der Waals surface area contributed by atoms with E-state index in [0.717, 1.165) is 24.2 Å². The lowest BCUT2D eigenvalue weighted by molar-refractivity contribution is -0.142. The highest BCUT2D eigenvalue weighted by Gasteiger charge is 2.61. The molecule has 0 bridgehead atoms. The Morgan fingerprint density at radius 3 is 2.60 bits per heavy atom. The van der Waals surface area contributed by atoms with Crippen LogP contribution in [0.3, 0.4) is 0 Å². The van der Waals surface area contributed by atoms with Crippen molar-refractivity contribution in [3.05, 3.63) is 65.7 Å². The van der Waals surface area contributed by atoms with E-state index < -0.39 is 12.0 Å². The van der Waals surface area contributed by atoms with E-state index in [4.69, 9.17) is 4.74 Å². The largest absolute Gasteiger partial charge is 0.493 e. The molecule has 0 aromatic heterocycles. The van der Waals surface area contributed by atoms with Crippen molar-refractivity contribution in [2.45, 2.75) is 24.3 Å². The van der Waals surface area contributed by atoms with Crippen LogP contribution in [0.1, 0.15) is 30.0 Å². The minimum absolute atomic E-state index is 0.201. The van der Waals surface area contributed by atoms with E-state index >= 15 is 0 Å². The Labute approximate surface area is 145 Å². The van der Waals surface area contributed by atoms with Gasteiger partial charge in [-0.3, -0.25) is 4.79 Å². The molecule has 25 heavy (non-hydrogen) atoms. The summed E-state index contributed by atoms with van der Waals surface area (Å²) in [6.07, 6.45) is 1.52. The third-order valence-corrected chi connectivity index (χ3v) is 5.29. The predicted molar refractivity (Wildman–Crippen MR) is 91.3 cm³/mol. The first kappa shape index (κ1) is 15.7. The zero-order valence-electron chi connectivity index (χ0n) is 13.6. The standard InChI is InChI=1S/C20H19NO4/c22-18(21-17(19(23)24)13-6-2-1-3-7-13)15-12-20(15)10-11-25-16-9-5-4-8-14(16)20/h1-9,15,17H,10-12H2,(H,21,22)(H,23,24)/t15?,17-,20?/m0/s1. The fraction of sp³-hybridized carbons (Fsp3) is 0.300. The second-order valence-electron chi connectivity index (χ2n) is 6.70. The molecule has 4 rings (SSSR count). The minimum Gasteiger partial charge on any atom is -0.493 e. The van der Waals surface area contributed by atoms with Gasteiger partial charge in [0.2, 0.25) is 5.91 Å². The molecule has 128 valence electrons. The zero-order chi connectivity index (χ0) is 17.4. The Kier molecular flexibility index (Phi) is 3.71. The fourth-order valence-corrected chi connectivity index (χ4v) is 3.88. The molecule has 2 N–H and O–H groups in total. The number of carboxylic acid groups (broad SMARTS) is 1. The van der Waals surface area contributed by atoms with Crippen molar-refractivity contribution in [2.75, 3.05) is 6.61 Å². The Balaban J connectivity index is 1.55. The number of carbonyl (C=O) groups excluding carboxylic acids is 1. The van der Waals surface area contributed by atoms with Crippen LogP contribution >= 0.6 is 0 Å². The summed E-state index contributed by atoms with van der Waals surface area (Å²) in [5.74, 6) is -0.625. The summed E-state index contributed by atoms with van der Waals surface area (Å²) in [4.78, 5) is 24.4. The van der Waals surface area contributed by atoms with E-state index in [1.807, 2.05) is 30.3 Å². The Hall–Kier alpha value is -2.82. The molecule has 1 aliphatic heterocycles. The van der Waals surface area contributed by atoms with Gasteiger partial charge < -0.3 is 15.2 Å². The second kappa shape index (κ2) is 5.92. The third kappa shape index (κ3) is 2.65. The van der Waals surface area contributed by atoms with Crippen molar-refractivity contribution in [1.29, 1.82) is 0 Å². The lowest BCUT2D eigenvalue weighted by atomic mass is 9.87. The molecular weight excluding hydrogens is 318 g/mol. The van der Waals surface area contributed by atoms with Gasteiger partial charge in [-0.05, 0) is 24.5 Å². The highest BCUT2D eigenvalue weighted by atomic mass is 16.5. The third-order valence-electron chi connectivity index (χ3n) is 5.29. The summed E-state index contributed by atoms with van der Waals surface area (Å²) in [5, 5.41) is 12.2. The summed E-state index contributed by atoms with van der Waals surface area (Å²) in [6, 6.07) is 15.6. The fourth-order valence-electron chi connectivity index (χ4n) is 3.88. The average molecular weight is 337 g/mol. The Morgan fingerprint density at radius 2 is 1.84 bits per heavy atom. The van der Waals surface area contributed by atoms with Gasteiger partial charge >= 0.3 is 5.97 Å². The van der Waals surface area contributed by atoms with Crippen LogP contribution in [-0.4, -0.2) is 23.6 Å². The van der Waals surface area contributed by atoms with E-state index in [-0.39, 0.29) is 17.2 Å². The number of carboxylic acids is 1. The number of para-hydroxylation sites is 1. The maximum absolute atomic E-state index is 12.8. The van der Waals surface area contributed by atoms with Gasteiger partial charge in [0, 0.05) is 16.9 Å². The molecule has 1 heterocycles. The van der Waals surface area contributed by atoms with Crippen LogP contribution in [0.15, 0.2) is 54.6 Å². The van der Waals surface area contributed by atoms with Gasteiger partial charge in [0.15, 0.2) is 6.04 Å². The number of amides is 1. The molecule has 5 heteroatoms. The number of benzene rings is 2. The number of fused-ring (bicyclic) bond motifs is 2. The SMILES string of the molecule is O=C(N[C@H](C(=O)O)c1ccccc1)C1CC12CCOc1ccccc12. The number of hydrogen-bond donors (Lipinski definition) is 2. The van der Waals surface area contributed by atoms with Crippen LogP contribution in [0, 0.1) is 5.92 Å². The molecule has 1 fully saturated rings. The van der Waals surface area contributed by atoms with Gasteiger partial charge in [0.25, 0.3) is 0 Å². The molecule has 5 nitrogen and oxygen atoms in total. The molecule has 1 aliphatic carbocycles. The number of carbonyl (C=O) groups is 2. The monoisotopic (exact) mass is 337 g/mol. The van der Waals surface area contributed by atoms with Crippen LogP contribution in [0.4, 0.5) is 0 Å². The van der Waals surface area contributed by atoms with Gasteiger partial charge in [0.1, 0.15) is 5.75 Å². The summed E-state index contributed by atoms with van der Waals surface area (Å²) in [5.41, 5.74) is 1.43. The second-order valence-corrected chi connectivity index (χ2v) is 6.70. The number of hydrogen-bond acceptors (Lipinski definition) is 3. The maximum atomic E-state index is 12.8. The van der Waals surface area contributed by atoms with Crippen molar-refractivity contribution in [2.24, 2.45) is 5.92 Å². The van der Waals surface area contributed by atoms with Crippen molar-refractivity contribution in [3.63, 3.8) is 0 Å². The lowest BCUT2D eigenvalue weighted by Crippen LogP contribution is -2.37. The van der Waals surface area contributed by atoms with E-state index in [2.05, 4.69) is 5.32 Å². The highest BCUT2D eigenvalue weighted by Crippen LogP contribution is 2.60. The van der Waals surface area contributed by atoms with Crippen LogP contribution in [0.25, 0.3) is 0 Å². The van der Waals surface area contributed by atoms with Crippen LogP contribution in [0.5, 0.6) is 5.75 Å². The Bertz CT molecular complexity index is 819. The lowest BCUT2D eigenvalue weighted by Gasteiger charge is -2.27. The van der Waals surface area contributed by atoms with E-state index in [9.17, 15) is 14.7 Å². The van der Waals surface area contributed by atoms with E-state index in [1.54, 1.807) is 24.3 Å². The number of rotatable bonds is 4. The van der Waals surface area contributed by atoms with Crippen molar-refractivity contribution in [3.8, 4) is 5.75 Å². The summed E-state index contributed by atoms with van der Waals surface area (Å²) >= 11 is 0. The molecular formula is C20H19NO4. The molecule has 2 unspecified atom stereocenters. The zero-order valence-corrected chi connectivity index (χ0v) is 13.6. The van der Waals surface area contributed by atoms with Gasteiger partial charge in [-0.25, -0.2) is 4.79 Å². The van der Waals surface area contributed by atoms with Crippen LogP contribution < -0.4 is 10.1 Å². The van der Waals surface area contributed by atoms with Gasteiger partial charge in [0.05, 0.1) is 6.61 Å². The highest BCUT2D eigenvalue weighted by molar-refractivity contribution is 5.89. The quantitative estimate of drug-likeness (QED) is 0.899. The molecule has 1 amide bonds. The number of aliphatic carboxylic acids is 1. The van der Waals surface area contributed by atoms with E-state index in [0.29, 0.717) is 12.2 Å². The Morgan fingerprint density at radius 1 is 1.12 bits per heavy atom. The molecule has 3 atom stereocenters. The normalized spacial score (nSPS) is 24.7. The summed E-state index contributed by atoms with van der Waals surface area (Å²) in [7, 11) is 0. The molecule has 0 radical (unpaired) electrons. The molecule has 1 spiro atoms. The van der Waals surface area contributed by atoms with Gasteiger partial charge in [-0.2, -0.15) is 0 Å². The number of nitrogens with one attached hydrogen (secondary N) is 1. The first-order valence-corrected chi connectivity index (χ1v) is 8.42. The molecule has 2 aromatic carbocycles. The van der Waals surface area contributed by atoms with Crippen molar-refractivity contribution >= 4 is 11.9 Å². The molecule has 2 aliphatic rings. The van der Waals surface area contributed by atoms with Gasteiger partial charge in [-0.1, -0.05) is 48.5 Å². The molecule has 2 aromatic rings. The number of ether oxygens (including phenoxy) is 1. The van der Waals surface area contributed by atoms with E-state index in [1.165, 1.54) is 0 Å². The first-order chi connectivity index (χ1) is 12.1. The van der Waals surface area contributed by atoms with Gasteiger partial charge in [-0.15, -0.1) is 0 Å².